The molecule has 0 amide bonds. The largest absolute Gasteiger partial charge is 0.0616 e. The normalized spacial score (nSPS) is 11.6. The van der Waals surface area contributed by atoms with Gasteiger partial charge in [0.1, 0.15) is 0 Å². The first-order valence-electron chi connectivity index (χ1n) is 15.3. The lowest BCUT2D eigenvalue weighted by Crippen LogP contribution is -1.92. The van der Waals surface area contributed by atoms with E-state index >= 15 is 0 Å². The zero-order valence-corrected chi connectivity index (χ0v) is 24.2. The van der Waals surface area contributed by atoms with Crippen molar-refractivity contribution in [1.29, 1.82) is 0 Å². The third-order valence-corrected chi connectivity index (χ3v) is 9.19. The first kappa shape index (κ1) is 24.8. The van der Waals surface area contributed by atoms with E-state index in [9.17, 15) is 0 Å². The van der Waals surface area contributed by atoms with Crippen LogP contribution >= 0.6 is 0 Å². The van der Waals surface area contributed by atoms with Crippen molar-refractivity contribution in [2.24, 2.45) is 0 Å². The highest BCUT2D eigenvalue weighted by Gasteiger charge is 2.19. The Bertz CT molecular complexity index is 2550. The third kappa shape index (κ3) is 3.92. The molecule has 0 saturated heterocycles. The maximum Gasteiger partial charge on any atom is -0.00141 e. The van der Waals surface area contributed by atoms with Gasteiger partial charge in [0.25, 0.3) is 0 Å². The maximum atomic E-state index is 2.38. The van der Waals surface area contributed by atoms with Gasteiger partial charge in [-0.15, -0.1) is 0 Å². The predicted octanol–water partition coefficient (Wildman–Crippen LogP) is 12.5. The van der Waals surface area contributed by atoms with Crippen molar-refractivity contribution in [3.63, 3.8) is 0 Å². The lowest BCUT2D eigenvalue weighted by atomic mass is 9.83. The molecular formula is C44H28. The van der Waals surface area contributed by atoms with Gasteiger partial charge in [0.05, 0.1) is 0 Å². The van der Waals surface area contributed by atoms with Gasteiger partial charge in [0, 0.05) is 0 Å². The van der Waals surface area contributed by atoms with Gasteiger partial charge < -0.3 is 0 Å². The van der Waals surface area contributed by atoms with Crippen molar-refractivity contribution >= 4 is 53.9 Å². The van der Waals surface area contributed by atoms with Gasteiger partial charge in [0.15, 0.2) is 0 Å². The first-order chi connectivity index (χ1) is 21.8. The van der Waals surface area contributed by atoms with E-state index in [2.05, 4.69) is 170 Å². The monoisotopic (exact) mass is 556 g/mol. The zero-order chi connectivity index (χ0) is 29.0. The van der Waals surface area contributed by atoms with Crippen LogP contribution in [0.15, 0.2) is 170 Å². The molecule has 0 atom stereocenters. The molecule has 0 aromatic heterocycles. The minimum atomic E-state index is 1.23. The van der Waals surface area contributed by atoms with E-state index in [1.54, 1.807) is 0 Å². The van der Waals surface area contributed by atoms with E-state index in [0.717, 1.165) is 0 Å². The van der Waals surface area contributed by atoms with Crippen LogP contribution in [0.2, 0.25) is 0 Å². The van der Waals surface area contributed by atoms with Crippen molar-refractivity contribution in [3.8, 4) is 33.4 Å². The molecule has 0 aliphatic rings. The number of hydrogen-bond donors (Lipinski definition) is 0. The fourth-order valence-corrected chi connectivity index (χ4v) is 7.13. The first-order valence-corrected chi connectivity index (χ1v) is 15.3. The summed E-state index contributed by atoms with van der Waals surface area (Å²) in [6.07, 6.45) is 0. The zero-order valence-electron chi connectivity index (χ0n) is 24.2. The van der Waals surface area contributed by atoms with E-state index in [1.165, 1.54) is 87.2 Å². The number of hydrogen-bond acceptors (Lipinski definition) is 0. The Morgan fingerprint density at radius 1 is 0.227 bits per heavy atom. The van der Waals surface area contributed by atoms with Crippen molar-refractivity contribution < 1.29 is 0 Å². The average Bonchev–Trinajstić information content (AvgIpc) is 3.10. The fourth-order valence-electron chi connectivity index (χ4n) is 7.13. The van der Waals surface area contributed by atoms with Gasteiger partial charge in [-0.25, -0.2) is 0 Å². The summed E-state index contributed by atoms with van der Waals surface area (Å²) in [5.41, 5.74) is 7.53. The van der Waals surface area contributed by atoms with Crippen LogP contribution in [-0.2, 0) is 0 Å². The standard InChI is InChI=1S/C44H28/c1-3-13-32-26-35(22-20-29(32)10-1)34-15-9-16-36(28-34)43-40-19-8-7-18-39(40)42(37-23-21-30-11-2-4-14-33(30)27-37)41-25-24-31-12-5-6-17-38(31)44(41)43/h1-28H. The molecule has 0 heteroatoms. The minimum absolute atomic E-state index is 1.23. The molecule has 204 valence electrons. The Morgan fingerprint density at radius 3 is 1.43 bits per heavy atom. The van der Waals surface area contributed by atoms with Crippen LogP contribution in [0.25, 0.3) is 87.2 Å². The van der Waals surface area contributed by atoms with Crippen molar-refractivity contribution in [3.05, 3.63) is 170 Å². The third-order valence-electron chi connectivity index (χ3n) is 9.19. The molecular weight excluding hydrogens is 528 g/mol. The van der Waals surface area contributed by atoms with Crippen molar-refractivity contribution in [2.75, 3.05) is 0 Å². The van der Waals surface area contributed by atoms with Crippen LogP contribution in [0.4, 0.5) is 0 Å². The van der Waals surface area contributed by atoms with E-state index in [4.69, 9.17) is 0 Å². The summed E-state index contributed by atoms with van der Waals surface area (Å²) in [5, 5.41) is 12.7. The summed E-state index contributed by atoms with van der Waals surface area (Å²) >= 11 is 0. The van der Waals surface area contributed by atoms with Crippen LogP contribution < -0.4 is 0 Å². The topological polar surface area (TPSA) is 0 Å². The Morgan fingerprint density at radius 2 is 0.705 bits per heavy atom. The van der Waals surface area contributed by atoms with Gasteiger partial charge in [-0.1, -0.05) is 152 Å². The van der Waals surface area contributed by atoms with Crippen LogP contribution in [0, 0.1) is 0 Å². The van der Waals surface area contributed by atoms with Gasteiger partial charge in [0.2, 0.25) is 0 Å². The highest BCUT2D eigenvalue weighted by Crippen LogP contribution is 2.47. The summed E-state index contributed by atoms with van der Waals surface area (Å²) in [6.45, 7) is 0. The van der Waals surface area contributed by atoms with Gasteiger partial charge in [-0.2, -0.15) is 0 Å². The van der Waals surface area contributed by atoms with Crippen LogP contribution in [-0.4, -0.2) is 0 Å². The molecule has 0 spiro atoms. The Labute approximate surface area is 256 Å². The van der Waals surface area contributed by atoms with Gasteiger partial charge in [-0.05, 0) is 105 Å². The van der Waals surface area contributed by atoms with Crippen LogP contribution in [0.5, 0.6) is 0 Å². The lowest BCUT2D eigenvalue weighted by molar-refractivity contribution is 1.63. The highest BCUT2D eigenvalue weighted by atomic mass is 14.2. The minimum Gasteiger partial charge on any atom is -0.0616 e. The van der Waals surface area contributed by atoms with E-state index < -0.39 is 0 Å². The second-order valence-electron chi connectivity index (χ2n) is 11.7. The summed E-state index contributed by atoms with van der Waals surface area (Å²) in [7, 11) is 0. The molecule has 0 heterocycles. The average molecular weight is 557 g/mol. The molecule has 44 heavy (non-hydrogen) atoms. The predicted molar refractivity (Wildman–Crippen MR) is 190 cm³/mol. The molecule has 9 aromatic rings. The molecule has 0 fully saturated rings. The summed E-state index contributed by atoms with van der Waals surface area (Å²) in [5.74, 6) is 0. The molecule has 0 nitrogen and oxygen atoms in total. The smallest absolute Gasteiger partial charge is 0.00141 e. The summed E-state index contributed by atoms with van der Waals surface area (Å²) < 4.78 is 0. The van der Waals surface area contributed by atoms with Crippen molar-refractivity contribution in [2.45, 2.75) is 0 Å². The summed E-state index contributed by atoms with van der Waals surface area (Å²) in [4.78, 5) is 0. The van der Waals surface area contributed by atoms with Crippen molar-refractivity contribution in [1.82, 2.24) is 0 Å². The second-order valence-corrected chi connectivity index (χ2v) is 11.7. The SMILES string of the molecule is c1cc(-c2ccc3ccccc3c2)cc(-c2c3ccccc3c(-c3ccc4ccccc4c3)c3ccc4ccccc4c23)c1. The molecule has 0 saturated carbocycles. The summed E-state index contributed by atoms with van der Waals surface area (Å²) in [6, 6.07) is 62.4. The number of rotatable bonds is 3. The maximum absolute atomic E-state index is 2.38. The highest BCUT2D eigenvalue weighted by molar-refractivity contribution is 6.28. The molecule has 0 aliphatic heterocycles. The molecule has 9 rings (SSSR count). The molecule has 0 radical (unpaired) electrons. The second kappa shape index (κ2) is 9.93. The van der Waals surface area contributed by atoms with Crippen LogP contribution in [0.3, 0.4) is 0 Å². The van der Waals surface area contributed by atoms with Gasteiger partial charge >= 0.3 is 0 Å². The Balaban J connectivity index is 1.38. The van der Waals surface area contributed by atoms with Gasteiger partial charge in [-0.3, -0.25) is 0 Å². The van der Waals surface area contributed by atoms with E-state index in [1.807, 2.05) is 0 Å². The quantitative estimate of drug-likeness (QED) is 0.150. The number of benzene rings is 9. The van der Waals surface area contributed by atoms with E-state index in [-0.39, 0.29) is 0 Å². The lowest BCUT2D eigenvalue weighted by Gasteiger charge is -2.20. The molecule has 0 bridgehead atoms. The molecule has 0 aliphatic carbocycles. The molecule has 9 aromatic carbocycles. The Hall–Kier alpha value is -5.72. The Kier molecular flexibility index (Phi) is 5.61. The fraction of sp³-hybridized carbons (Fsp3) is 0. The molecule has 0 unspecified atom stereocenters. The molecule has 0 N–H and O–H groups in total. The number of fused-ring (bicyclic) bond motifs is 6. The van der Waals surface area contributed by atoms with Crippen LogP contribution in [0.1, 0.15) is 0 Å². The van der Waals surface area contributed by atoms with E-state index in [0.29, 0.717) is 0 Å².